The molecule has 0 aliphatic carbocycles. The van der Waals surface area contributed by atoms with Crippen LogP contribution in [0.25, 0.3) is 0 Å². The van der Waals surface area contributed by atoms with Gasteiger partial charge in [0.2, 0.25) is 0 Å². The molecule has 144 valence electrons. The zero-order chi connectivity index (χ0) is 19.9. The van der Waals surface area contributed by atoms with E-state index in [4.69, 9.17) is 4.74 Å². The largest absolute Gasteiger partial charge is 0.511 e. The van der Waals surface area contributed by atoms with Crippen molar-refractivity contribution in [3.8, 4) is 0 Å². The Hall–Kier alpha value is -1.65. The van der Waals surface area contributed by atoms with Crippen molar-refractivity contribution < 1.29 is 24.2 Å². The number of allylic oxidation sites excluding steroid dienone is 1. The van der Waals surface area contributed by atoms with Gasteiger partial charge in [0.25, 0.3) is 0 Å². The van der Waals surface area contributed by atoms with E-state index in [1.807, 2.05) is 20.8 Å². The van der Waals surface area contributed by atoms with Crippen LogP contribution in [0, 0.1) is 23.2 Å². The summed E-state index contributed by atoms with van der Waals surface area (Å²) in [6.07, 6.45) is 1.49. The van der Waals surface area contributed by atoms with E-state index in [0.717, 1.165) is 6.42 Å². The molecule has 0 aromatic carbocycles. The van der Waals surface area contributed by atoms with E-state index in [0.29, 0.717) is 12.3 Å². The fourth-order valence-corrected chi connectivity index (χ4v) is 2.20. The summed E-state index contributed by atoms with van der Waals surface area (Å²) in [4.78, 5) is 37.0. The van der Waals surface area contributed by atoms with Crippen molar-refractivity contribution in [3.05, 3.63) is 11.3 Å². The van der Waals surface area contributed by atoms with Gasteiger partial charge < -0.3 is 9.84 Å². The van der Waals surface area contributed by atoms with Gasteiger partial charge in [0.05, 0.1) is 6.42 Å². The Labute approximate surface area is 151 Å². The van der Waals surface area contributed by atoms with E-state index in [9.17, 15) is 19.5 Å². The molecule has 5 nitrogen and oxygen atoms in total. The van der Waals surface area contributed by atoms with Crippen LogP contribution in [-0.2, 0) is 19.1 Å². The van der Waals surface area contributed by atoms with Crippen LogP contribution in [0.5, 0.6) is 0 Å². The fraction of sp³-hybridized carbons (Fsp3) is 0.750. The number of aliphatic hydroxyl groups excluding tert-OH is 1. The van der Waals surface area contributed by atoms with Crippen molar-refractivity contribution in [2.45, 2.75) is 74.7 Å². The maximum absolute atomic E-state index is 12.7. The molecule has 5 heteroatoms. The Balaban J connectivity index is 5.39. The second kappa shape index (κ2) is 9.73. The molecule has 0 aliphatic heterocycles. The Morgan fingerprint density at radius 1 is 0.960 bits per heavy atom. The monoisotopic (exact) mass is 354 g/mol. The SMILES string of the molecule is CC(C)CCC(C)C(=O)C(C(=O)OC(=O)CC(C)(C)C)=C(O)C(C)C. The van der Waals surface area contributed by atoms with Crippen molar-refractivity contribution in [2.24, 2.45) is 23.2 Å². The third-order valence-corrected chi connectivity index (χ3v) is 3.76. The Morgan fingerprint density at radius 3 is 1.88 bits per heavy atom. The zero-order valence-electron chi connectivity index (χ0n) is 16.9. The molecule has 0 saturated heterocycles. The lowest BCUT2D eigenvalue weighted by atomic mass is 9.90. The molecule has 0 heterocycles. The normalized spacial score (nSPS) is 14.3. The minimum atomic E-state index is -1.05. The first-order valence-corrected chi connectivity index (χ1v) is 8.98. The van der Waals surface area contributed by atoms with Gasteiger partial charge in [0.1, 0.15) is 11.3 Å². The third-order valence-electron chi connectivity index (χ3n) is 3.76. The highest BCUT2D eigenvalue weighted by Gasteiger charge is 2.31. The van der Waals surface area contributed by atoms with Crippen molar-refractivity contribution >= 4 is 17.7 Å². The van der Waals surface area contributed by atoms with Crippen LogP contribution in [0.1, 0.15) is 74.7 Å². The summed E-state index contributed by atoms with van der Waals surface area (Å²) in [7, 11) is 0. The van der Waals surface area contributed by atoms with Gasteiger partial charge in [-0.3, -0.25) is 9.59 Å². The van der Waals surface area contributed by atoms with Gasteiger partial charge in [-0.05, 0) is 17.8 Å². The summed E-state index contributed by atoms with van der Waals surface area (Å²) >= 11 is 0. The van der Waals surface area contributed by atoms with Crippen LogP contribution in [0.15, 0.2) is 11.3 Å². The minimum absolute atomic E-state index is 0.0472. The van der Waals surface area contributed by atoms with Gasteiger partial charge in [0.15, 0.2) is 5.78 Å². The van der Waals surface area contributed by atoms with Crippen LogP contribution in [-0.4, -0.2) is 22.8 Å². The number of ketones is 1. The number of ether oxygens (including phenoxy) is 1. The zero-order valence-corrected chi connectivity index (χ0v) is 16.9. The van der Waals surface area contributed by atoms with Gasteiger partial charge in [-0.25, -0.2) is 4.79 Å². The number of rotatable bonds is 8. The smallest absolute Gasteiger partial charge is 0.352 e. The highest BCUT2D eigenvalue weighted by molar-refractivity contribution is 6.20. The van der Waals surface area contributed by atoms with Crippen molar-refractivity contribution in [1.82, 2.24) is 0 Å². The maximum Gasteiger partial charge on any atom is 0.352 e. The summed E-state index contributed by atoms with van der Waals surface area (Å²) in [5, 5.41) is 10.2. The molecule has 0 fully saturated rings. The molecule has 0 rings (SSSR count). The first-order chi connectivity index (χ1) is 11.3. The van der Waals surface area contributed by atoms with Gasteiger partial charge in [-0.2, -0.15) is 0 Å². The third kappa shape index (κ3) is 8.84. The first-order valence-electron chi connectivity index (χ1n) is 8.98. The summed E-state index contributed by atoms with van der Waals surface area (Å²) in [5.41, 5.74) is -0.732. The molecule has 1 N–H and O–H groups in total. The summed E-state index contributed by atoms with van der Waals surface area (Å²) in [6.45, 7) is 14.7. The first kappa shape index (κ1) is 23.4. The average molecular weight is 354 g/mol. The molecule has 0 saturated carbocycles. The lowest BCUT2D eigenvalue weighted by molar-refractivity contribution is -0.158. The number of carbonyl (C=O) groups excluding carboxylic acids is 3. The molecule has 1 unspecified atom stereocenters. The molecule has 0 radical (unpaired) electrons. The number of carbonyl (C=O) groups is 3. The fourth-order valence-electron chi connectivity index (χ4n) is 2.20. The van der Waals surface area contributed by atoms with Crippen LogP contribution < -0.4 is 0 Å². The molecule has 0 spiro atoms. The standard InChI is InChI=1S/C20H34O5/c1-12(2)9-10-14(5)18(23)16(17(22)13(3)4)19(24)25-15(21)11-20(6,7)8/h12-14,22H,9-11H2,1-8H3. The summed E-state index contributed by atoms with van der Waals surface area (Å²) in [6, 6.07) is 0. The van der Waals surface area contributed by atoms with Gasteiger partial charge in [0, 0.05) is 11.8 Å². The van der Waals surface area contributed by atoms with Crippen molar-refractivity contribution in [2.75, 3.05) is 0 Å². The van der Waals surface area contributed by atoms with E-state index < -0.39 is 35.1 Å². The van der Waals surface area contributed by atoms with Crippen molar-refractivity contribution in [1.29, 1.82) is 0 Å². The number of aliphatic hydroxyl groups is 1. The lowest BCUT2D eigenvalue weighted by Crippen LogP contribution is -2.27. The molecular formula is C20H34O5. The highest BCUT2D eigenvalue weighted by Crippen LogP contribution is 2.23. The van der Waals surface area contributed by atoms with Gasteiger partial charge >= 0.3 is 11.9 Å². The molecule has 0 aliphatic rings. The molecule has 25 heavy (non-hydrogen) atoms. The van der Waals surface area contributed by atoms with E-state index in [1.165, 1.54) is 0 Å². The summed E-state index contributed by atoms with van der Waals surface area (Å²) in [5.74, 6) is -2.96. The number of esters is 2. The predicted octanol–water partition coefficient (Wildman–Crippen LogP) is 4.60. The number of hydrogen-bond acceptors (Lipinski definition) is 5. The van der Waals surface area contributed by atoms with E-state index >= 15 is 0 Å². The van der Waals surface area contributed by atoms with Gasteiger partial charge in [-0.15, -0.1) is 0 Å². The van der Waals surface area contributed by atoms with E-state index in [2.05, 4.69) is 13.8 Å². The predicted molar refractivity (Wildman–Crippen MR) is 97.9 cm³/mol. The minimum Gasteiger partial charge on any atom is -0.511 e. The molecule has 0 aromatic rings. The molecule has 0 aromatic heterocycles. The lowest BCUT2D eigenvalue weighted by Gasteiger charge is -2.18. The number of hydrogen-bond donors (Lipinski definition) is 1. The second-order valence-electron chi connectivity index (χ2n) is 8.65. The Morgan fingerprint density at radius 2 is 1.48 bits per heavy atom. The molecule has 0 bridgehead atoms. The molecule has 1 atom stereocenters. The van der Waals surface area contributed by atoms with Crippen LogP contribution in [0.3, 0.4) is 0 Å². The second-order valence-corrected chi connectivity index (χ2v) is 8.65. The highest BCUT2D eigenvalue weighted by atomic mass is 16.6. The Bertz CT molecular complexity index is 521. The van der Waals surface area contributed by atoms with Crippen LogP contribution in [0.2, 0.25) is 0 Å². The Kier molecular flexibility index (Phi) is 9.09. The molecule has 0 amide bonds. The van der Waals surface area contributed by atoms with E-state index in [1.54, 1.807) is 20.8 Å². The van der Waals surface area contributed by atoms with E-state index in [-0.39, 0.29) is 17.6 Å². The number of Topliss-reactive ketones (excluding diaryl/α,β-unsaturated/α-hetero) is 1. The topological polar surface area (TPSA) is 80.7 Å². The maximum atomic E-state index is 12.7. The summed E-state index contributed by atoms with van der Waals surface area (Å²) < 4.78 is 4.84. The van der Waals surface area contributed by atoms with Crippen molar-refractivity contribution in [3.63, 3.8) is 0 Å². The van der Waals surface area contributed by atoms with Crippen LogP contribution in [0.4, 0.5) is 0 Å². The molecular weight excluding hydrogens is 320 g/mol. The van der Waals surface area contributed by atoms with Gasteiger partial charge in [-0.1, -0.05) is 61.8 Å². The quantitative estimate of drug-likeness (QED) is 0.226. The van der Waals surface area contributed by atoms with Crippen LogP contribution >= 0.6 is 0 Å². The average Bonchev–Trinajstić information content (AvgIpc) is 2.41.